The van der Waals surface area contributed by atoms with Gasteiger partial charge in [0.2, 0.25) is 6.41 Å². The normalized spacial score (nSPS) is 10.7. The summed E-state index contributed by atoms with van der Waals surface area (Å²) in [6.45, 7) is 16.2. The van der Waals surface area contributed by atoms with Gasteiger partial charge < -0.3 is 14.8 Å². The van der Waals surface area contributed by atoms with Gasteiger partial charge in [0.1, 0.15) is 0 Å². The van der Waals surface area contributed by atoms with Crippen LogP contribution in [0.3, 0.4) is 0 Å². The number of methoxy groups -OCH3 is 1. The fourth-order valence-electron chi connectivity index (χ4n) is 2.52. The number of carbonyl (C=O) groups excluding carboxylic acids is 1. The van der Waals surface area contributed by atoms with E-state index in [0.717, 1.165) is 24.8 Å². The third kappa shape index (κ3) is 13.2. The first-order valence-corrected chi connectivity index (χ1v) is 10.8. The van der Waals surface area contributed by atoms with Crippen molar-refractivity contribution >= 4 is 12.1 Å². The van der Waals surface area contributed by atoms with Crippen LogP contribution in [0, 0.1) is 10.1 Å². The number of carbonyl (C=O) groups is 1. The van der Waals surface area contributed by atoms with Gasteiger partial charge in [-0.15, -0.1) is 0 Å². The van der Waals surface area contributed by atoms with Gasteiger partial charge in [-0.1, -0.05) is 58.4 Å². The average molecular weight is 437 g/mol. The van der Waals surface area contributed by atoms with Crippen LogP contribution in [-0.4, -0.2) is 31.1 Å². The van der Waals surface area contributed by atoms with Crippen LogP contribution in [0.1, 0.15) is 66.4 Å². The predicted molar refractivity (Wildman–Crippen MR) is 128 cm³/mol. The molecule has 1 unspecified atom stereocenters. The van der Waals surface area contributed by atoms with Gasteiger partial charge in [0.15, 0.2) is 11.5 Å². The molecule has 7 nitrogen and oxygen atoms in total. The number of amides is 1. The number of unbranched alkanes of at least 4 members (excludes halogenated alkanes) is 1. The quantitative estimate of drug-likeness (QED) is 0.142. The van der Waals surface area contributed by atoms with Gasteiger partial charge in [-0.25, -0.2) is 0 Å². The number of nitro groups is 1. The van der Waals surface area contributed by atoms with Crippen molar-refractivity contribution in [2.75, 3.05) is 13.7 Å². The molecule has 0 spiro atoms. The Morgan fingerprint density at radius 3 is 2.39 bits per heavy atom. The van der Waals surface area contributed by atoms with E-state index in [4.69, 9.17) is 9.47 Å². The Labute approximate surface area is 187 Å². The summed E-state index contributed by atoms with van der Waals surface area (Å²) in [5.74, 6) is 0.989. The Balaban J connectivity index is 0. The minimum absolute atomic E-state index is 0.0878. The molecule has 1 N–H and O–H groups in total. The zero-order valence-electron chi connectivity index (χ0n) is 20.2. The first-order chi connectivity index (χ1) is 14.8. The number of rotatable bonds is 12. The fraction of sp³-hybridized carbons (Fsp3) is 0.542. The third-order valence-corrected chi connectivity index (χ3v) is 4.02. The van der Waals surface area contributed by atoms with Crippen molar-refractivity contribution in [2.45, 2.75) is 73.3 Å². The van der Waals surface area contributed by atoms with Gasteiger partial charge in [-0.3, -0.25) is 14.9 Å². The lowest BCUT2D eigenvalue weighted by Gasteiger charge is -2.12. The van der Waals surface area contributed by atoms with E-state index in [1.165, 1.54) is 13.2 Å². The Morgan fingerprint density at radius 1 is 1.29 bits per heavy atom. The highest BCUT2D eigenvalue weighted by molar-refractivity contribution is 5.54. The van der Waals surface area contributed by atoms with Crippen molar-refractivity contribution < 1.29 is 19.2 Å². The number of benzene rings is 1. The van der Waals surface area contributed by atoms with Crippen molar-refractivity contribution in [3.05, 3.63) is 52.1 Å². The van der Waals surface area contributed by atoms with Crippen molar-refractivity contribution in [2.24, 2.45) is 0 Å². The van der Waals surface area contributed by atoms with E-state index in [1.807, 2.05) is 46.8 Å². The van der Waals surface area contributed by atoms with Crippen LogP contribution in [0.5, 0.6) is 11.5 Å². The average Bonchev–Trinajstić information content (AvgIpc) is 2.75. The second kappa shape index (κ2) is 19.2. The third-order valence-electron chi connectivity index (χ3n) is 4.02. The smallest absolute Gasteiger partial charge is 0.276 e. The van der Waals surface area contributed by atoms with E-state index in [0.29, 0.717) is 36.5 Å². The van der Waals surface area contributed by atoms with Gasteiger partial charge in [0, 0.05) is 11.6 Å². The largest absolute Gasteiger partial charge is 0.493 e. The molecular formula is C24H40N2O5. The SMILES string of the molecule is C=C(/C=C\C)CC(C)NC=O.CC.CCCCOc1cc([N+](=O)[O-])c(CC)cc1OC. The summed E-state index contributed by atoms with van der Waals surface area (Å²) in [5.41, 5.74) is 1.78. The minimum Gasteiger partial charge on any atom is -0.493 e. The zero-order valence-corrected chi connectivity index (χ0v) is 20.2. The molecule has 0 radical (unpaired) electrons. The number of allylic oxidation sites excluding steroid dienone is 2. The summed E-state index contributed by atoms with van der Waals surface area (Å²) < 4.78 is 10.7. The summed E-state index contributed by atoms with van der Waals surface area (Å²) in [6.07, 6.45) is 7.92. The Morgan fingerprint density at radius 2 is 1.94 bits per heavy atom. The molecule has 0 aliphatic heterocycles. The molecule has 0 bridgehead atoms. The Bertz CT molecular complexity index is 687. The van der Waals surface area contributed by atoms with Crippen LogP contribution in [0.4, 0.5) is 5.69 Å². The molecule has 0 aliphatic carbocycles. The van der Waals surface area contributed by atoms with Crippen molar-refractivity contribution in [3.8, 4) is 11.5 Å². The van der Waals surface area contributed by atoms with E-state index in [-0.39, 0.29) is 16.7 Å². The number of nitrogens with zero attached hydrogens (tertiary/aromatic N) is 1. The van der Waals surface area contributed by atoms with Gasteiger partial charge in [-0.2, -0.15) is 0 Å². The van der Waals surface area contributed by atoms with Crippen LogP contribution in [0.2, 0.25) is 0 Å². The van der Waals surface area contributed by atoms with Gasteiger partial charge in [0.05, 0.1) is 24.7 Å². The predicted octanol–water partition coefficient (Wildman–Crippen LogP) is 6.01. The maximum absolute atomic E-state index is 11.0. The monoisotopic (exact) mass is 436 g/mol. The molecule has 0 saturated carbocycles. The molecule has 1 aromatic carbocycles. The number of nitro benzene ring substituents is 1. The lowest BCUT2D eigenvalue weighted by Crippen LogP contribution is -2.24. The maximum atomic E-state index is 11.0. The second-order valence-electron chi connectivity index (χ2n) is 6.49. The number of aryl methyl sites for hydroxylation is 1. The van der Waals surface area contributed by atoms with Crippen molar-refractivity contribution in [1.82, 2.24) is 5.32 Å². The fourth-order valence-corrected chi connectivity index (χ4v) is 2.52. The molecule has 1 atom stereocenters. The van der Waals surface area contributed by atoms with E-state index in [2.05, 4.69) is 18.8 Å². The number of nitrogens with one attached hydrogen (secondary N) is 1. The molecule has 0 heterocycles. The number of ether oxygens (including phenoxy) is 2. The highest BCUT2D eigenvalue weighted by Crippen LogP contribution is 2.35. The summed E-state index contributed by atoms with van der Waals surface area (Å²) in [7, 11) is 1.54. The Kier molecular flexibility index (Phi) is 18.8. The topological polar surface area (TPSA) is 90.7 Å². The summed E-state index contributed by atoms with van der Waals surface area (Å²) in [6, 6.07) is 3.31. The highest BCUT2D eigenvalue weighted by atomic mass is 16.6. The van der Waals surface area contributed by atoms with E-state index < -0.39 is 0 Å². The van der Waals surface area contributed by atoms with Gasteiger partial charge in [0.25, 0.3) is 5.69 Å². The standard InChI is InChI=1S/C13H19NO4.C9H15NO.C2H6/c1-4-6-7-18-13-9-11(14(15)16)10(5-2)8-12(13)17-3;1-4-5-8(2)6-9(3)10-7-11;1-2/h8-9H,4-7H2,1-3H3;4-5,7,9H,2,6H2,1,3H3,(H,10,11);1-2H3/b;5-4-;. The van der Waals surface area contributed by atoms with Crippen LogP contribution in [0.15, 0.2) is 36.4 Å². The highest BCUT2D eigenvalue weighted by Gasteiger charge is 2.18. The van der Waals surface area contributed by atoms with Crippen LogP contribution < -0.4 is 14.8 Å². The van der Waals surface area contributed by atoms with E-state index in [1.54, 1.807) is 6.07 Å². The summed E-state index contributed by atoms with van der Waals surface area (Å²) in [4.78, 5) is 20.6. The van der Waals surface area contributed by atoms with Gasteiger partial charge >= 0.3 is 0 Å². The zero-order chi connectivity index (χ0) is 24.2. The van der Waals surface area contributed by atoms with Gasteiger partial charge in [-0.05, 0) is 39.2 Å². The van der Waals surface area contributed by atoms with Crippen molar-refractivity contribution in [3.63, 3.8) is 0 Å². The second-order valence-corrected chi connectivity index (χ2v) is 6.49. The maximum Gasteiger partial charge on any atom is 0.276 e. The number of hydrogen-bond donors (Lipinski definition) is 1. The van der Waals surface area contributed by atoms with E-state index >= 15 is 0 Å². The summed E-state index contributed by atoms with van der Waals surface area (Å²) in [5, 5.41) is 13.6. The Hall–Kier alpha value is -2.83. The first-order valence-electron chi connectivity index (χ1n) is 10.8. The lowest BCUT2D eigenvalue weighted by molar-refractivity contribution is -0.385. The minimum atomic E-state index is -0.384. The molecule has 0 aliphatic rings. The molecule has 1 aromatic rings. The van der Waals surface area contributed by atoms with Crippen LogP contribution >= 0.6 is 0 Å². The van der Waals surface area contributed by atoms with Crippen molar-refractivity contribution in [1.29, 1.82) is 0 Å². The van der Waals surface area contributed by atoms with Crippen LogP contribution in [-0.2, 0) is 11.2 Å². The summed E-state index contributed by atoms with van der Waals surface area (Å²) >= 11 is 0. The first kappa shape index (κ1) is 30.4. The lowest BCUT2D eigenvalue weighted by atomic mass is 10.1. The van der Waals surface area contributed by atoms with Crippen LogP contribution in [0.25, 0.3) is 0 Å². The molecule has 31 heavy (non-hydrogen) atoms. The molecule has 0 saturated heterocycles. The molecule has 0 fully saturated rings. The van der Waals surface area contributed by atoms with E-state index in [9.17, 15) is 14.9 Å². The molecule has 176 valence electrons. The molecule has 1 rings (SSSR count). The molecular weight excluding hydrogens is 396 g/mol. The molecule has 7 heteroatoms. The molecule has 0 aromatic heterocycles. The number of hydrogen-bond acceptors (Lipinski definition) is 5. The molecule has 1 amide bonds.